The van der Waals surface area contributed by atoms with E-state index in [1.165, 1.54) is 88.6 Å². The van der Waals surface area contributed by atoms with Crippen molar-refractivity contribution in [3.8, 4) is 61.3 Å². The van der Waals surface area contributed by atoms with Gasteiger partial charge in [-0.3, -0.25) is 0 Å². The lowest BCUT2D eigenvalue weighted by atomic mass is 9.82. The van der Waals surface area contributed by atoms with Gasteiger partial charge in [0.15, 0.2) is 0 Å². The second-order valence-corrected chi connectivity index (χ2v) is 17.8. The molecule has 0 N–H and O–H groups in total. The van der Waals surface area contributed by atoms with E-state index in [9.17, 15) is 0 Å². The van der Waals surface area contributed by atoms with Crippen LogP contribution in [0.15, 0.2) is 243 Å². The Hall–Kier alpha value is -8.20. The van der Waals surface area contributed by atoms with Gasteiger partial charge in [0.25, 0.3) is 0 Å². The fourth-order valence-corrected chi connectivity index (χ4v) is 10.3. The SMILES string of the molecule is CC1(C)c2ccccc2-c2cc3c4ccccc4n(-c4cccc(-c5cccc(-c6ccc(N(c7ccc(-c8ccccc8)cc7)c7ccc(-c8ccccc8)cc7)cc6)c5)c4)c3cc21. The van der Waals surface area contributed by atoms with Gasteiger partial charge in [0, 0.05) is 38.9 Å². The summed E-state index contributed by atoms with van der Waals surface area (Å²) in [5.74, 6) is 0. The molecule has 1 heterocycles. The lowest BCUT2D eigenvalue weighted by molar-refractivity contribution is 0.661. The van der Waals surface area contributed by atoms with Gasteiger partial charge in [0.2, 0.25) is 0 Å². The number of aromatic nitrogens is 1. The molecule has 308 valence electrons. The quantitative estimate of drug-likeness (QED) is 0.148. The van der Waals surface area contributed by atoms with Gasteiger partial charge in [0.1, 0.15) is 0 Å². The smallest absolute Gasteiger partial charge is 0.0544 e. The Morgan fingerprint density at radius 2 is 0.769 bits per heavy atom. The number of nitrogens with zero attached hydrogens (tertiary/aromatic N) is 2. The number of benzene rings is 10. The molecule has 1 aromatic heterocycles. The van der Waals surface area contributed by atoms with Crippen molar-refractivity contribution in [2.75, 3.05) is 4.90 Å². The Balaban J connectivity index is 0.891. The van der Waals surface area contributed by atoms with E-state index in [0.717, 1.165) is 22.7 Å². The van der Waals surface area contributed by atoms with Crippen LogP contribution < -0.4 is 4.90 Å². The molecule has 0 bridgehead atoms. The topological polar surface area (TPSA) is 8.17 Å². The summed E-state index contributed by atoms with van der Waals surface area (Å²) in [6, 6.07) is 88.6. The van der Waals surface area contributed by atoms with Gasteiger partial charge in [-0.05, 0) is 140 Å². The minimum absolute atomic E-state index is 0.0809. The highest BCUT2D eigenvalue weighted by Crippen LogP contribution is 2.51. The number of hydrogen-bond acceptors (Lipinski definition) is 1. The maximum atomic E-state index is 2.46. The molecule has 12 rings (SSSR count). The second-order valence-electron chi connectivity index (χ2n) is 17.8. The van der Waals surface area contributed by atoms with Gasteiger partial charge in [-0.25, -0.2) is 0 Å². The first-order valence-electron chi connectivity index (χ1n) is 22.6. The highest BCUT2D eigenvalue weighted by Gasteiger charge is 2.36. The molecule has 0 unspecified atom stereocenters. The van der Waals surface area contributed by atoms with E-state index in [0.29, 0.717) is 0 Å². The third kappa shape index (κ3) is 6.65. The van der Waals surface area contributed by atoms with Crippen LogP contribution in [0.25, 0.3) is 83.1 Å². The molecular formula is C63H46N2. The number of hydrogen-bond donors (Lipinski definition) is 0. The number of para-hydroxylation sites is 1. The first-order chi connectivity index (χ1) is 32.0. The van der Waals surface area contributed by atoms with E-state index in [4.69, 9.17) is 0 Å². The van der Waals surface area contributed by atoms with Crippen LogP contribution in [0.2, 0.25) is 0 Å². The fraction of sp³-hybridized carbons (Fsp3) is 0.0476. The number of rotatable bonds is 8. The van der Waals surface area contributed by atoms with Crippen molar-refractivity contribution in [2.45, 2.75) is 19.3 Å². The average molecular weight is 831 g/mol. The van der Waals surface area contributed by atoms with Crippen molar-refractivity contribution >= 4 is 38.9 Å². The molecule has 2 nitrogen and oxygen atoms in total. The molecule has 0 amide bonds. The van der Waals surface area contributed by atoms with E-state index in [2.05, 4.69) is 266 Å². The Morgan fingerprint density at radius 1 is 0.308 bits per heavy atom. The highest BCUT2D eigenvalue weighted by atomic mass is 15.1. The molecule has 65 heavy (non-hydrogen) atoms. The zero-order valence-electron chi connectivity index (χ0n) is 36.5. The van der Waals surface area contributed by atoms with Crippen molar-refractivity contribution in [2.24, 2.45) is 0 Å². The summed E-state index contributed by atoms with van der Waals surface area (Å²) in [7, 11) is 0. The van der Waals surface area contributed by atoms with Crippen LogP contribution in [0.3, 0.4) is 0 Å². The van der Waals surface area contributed by atoms with Crippen LogP contribution in [-0.2, 0) is 5.41 Å². The van der Waals surface area contributed by atoms with Gasteiger partial charge < -0.3 is 9.47 Å². The van der Waals surface area contributed by atoms with E-state index < -0.39 is 0 Å². The molecule has 0 aliphatic heterocycles. The van der Waals surface area contributed by atoms with Crippen molar-refractivity contribution in [3.63, 3.8) is 0 Å². The van der Waals surface area contributed by atoms with E-state index in [-0.39, 0.29) is 5.41 Å². The second kappa shape index (κ2) is 15.6. The normalized spacial score (nSPS) is 12.6. The minimum Gasteiger partial charge on any atom is -0.311 e. The van der Waals surface area contributed by atoms with Gasteiger partial charge in [0.05, 0.1) is 11.0 Å². The summed E-state index contributed by atoms with van der Waals surface area (Å²) in [4.78, 5) is 2.35. The molecule has 0 spiro atoms. The minimum atomic E-state index is -0.0809. The molecule has 2 heteroatoms. The zero-order valence-corrected chi connectivity index (χ0v) is 36.5. The van der Waals surface area contributed by atoms with Gasteiger partial charge in [-0.2, -0.15) is 0 Å². The summed E-state index contributed by atoms with van der Waals surface area (Å²) in [5, 5.41) is 2.56. The summed E-state index contributed by atoms with van der Waals surface area (Å²) >= 11 is 0. The van der Waals surface area contributed by atoms with Gasteiger partial charge in [-0.15, -0.1) is 0 Å². The Labute approximate surface area is 381 Å². The Bertz CT molecular complexity index is 3440. The van der Waals surface area contributed by atoms with E-state index >= 15 is 0 Å². The molecule has 0 atom stereocenters. The predicted molar refractivity (Wildman–Crippen MR) is 275 cm³/mol. The maximum Gasteiger partial charge on any atom is 0.0544 e. The third-order valence-electron chi connectivity index (χ3n) is 13.6. The largest absolute Gasteiger partial charge is 0.311 e. The summed E-state index contributed by atoms with van der Waals surface area (Å²) in [6.45, 7) is 4.73. The lowest BCUT2D eigenvalue weighted by Crippen LogP contribution is -2.14. The lowest BCUT2D eigenvalue weighted by Gasteiger charge is -2.26. The molecule has 1 aliphatic carbocycles. The molecule has 10 aromatic carbocycles. The fourth-order valence-electron chi connectivity index (χ4n) is 10.3. The monoisotopic (exact) mass is 830 g/mol. The predicted octanol–water partition coefficient (Wildman–Crippen LogP) is 17.2. The van der Waals surface area contributed by atoms with Crippen LogP contribution in [0.4, 0.5) is 17.1 Å². The van der Waals surface area contributed by atoms with Crippen LogP contribution in [-0.4, -0.2) is 4.57 Å². The first-order valence-corrected chi connectivity index (χ1v) is 22.6. The Kier molecular flexibility index (Phi) is 9.21. The summed E-state index contributed by atoms with van der Waals surface area (Å²) in [6.07, 6.45) is 0. The van der Waals surface area contributed by atoms with Crippen molar-refractivity contribution in [1.29, 1.82) is 0 Å². The average Bonchev–Trinajstić information content (AvgIpc) is 3.82. The maximum absolute atomic E-state index is 2.46. The van der Waals surface area contributed by atoms with E-state index in [1.54, 1.807) is 0 Å². The van der Waals surface area contributed by atoms with Crippen molar-refractivity contribution in [3.05, 3.63) is 254 Å². The number of anilines is 3. The van der Waals surface area contributed by atoms with Gasteiger partial charge in [-0.1, -0.05) is 184 Å². The molecule has 0 saturated carbocycles. The first kappa shape index (κ1) is 38.5. The molecule has 0 fully saturated rings. The van der Waals surface area contributed by atoms with Crippen LogP contribution in [0.5, 0.6) is 0 Å². The van der Waals surface area contributed by atoms with Crippen LogP contribution in [0, 0.1) is 0 Å². The molecule has 11 aromatic rings. The van der Waals surface area contributed by atoms with Gasteiger partial charge >= 0.3 is 0 Å². The molecule has 0 saturated heterocycles. The van der Waals surface area contributed by atoms with Crippen LogP contribution in [0.1, 0.15) is 25.0 Å². The molecule has 1 aliphatic rings. The summed E-state index contributed by atoms with van der Waals surface area (Å²) in [5.41, 5.74) is 21.9. The van der Waals surface area contributed by atoms with Crippen molar-refractivity contribution in [1.82, 2.24) is 4.57 Å². The van der Waals surface area contributed by atoms with E-state index in [1.807, 2.05) is 0 Å². The summed E-state index contributed by atoms with van der Waals surface area (Å²) < 4.78 is 2.46. The van der Waals surface area contributed by atoms with Crippen LogP contribution >= 0.6 is 0 Å². The standard InChI is InChI=1S/C63H46N2/c1-63(2)59-25-11-9-23-55(59)57-41-58-56-24-10-12-26-61(56)65(62(58)42-60(57)63)54-22-14-21-50(40-54)49-20-13-19-48(39-49)47-31-37-53(38-32-47)64(51-33-27-45(28-34-51)43-15-5-3-6-16-43)52-35-29-46(30-36-52)44-17-7-4-8-18-44/h3-42H,1-2H3. The molecule has 0 radical (unpaired) electrons. The highest BCUT2D eigenvalue weighted by molar-refractivity contribution is 6.11. The number of fused-ring (bicyclic) bond motifs is 6. The van der Waals surface area contributed by atoms with Crippen molar-refractivity contribution < 1.29 is 0 Å². The Morgan fingerprint density at radius 3 is 1.38 bits per heavy atom. The molecular weight excluding hydrogens is 785 g/mol. The zero-order chi connectivity index (χ0) is 43.5. The third-order valence-corrected chi connectivity index (χ3v) is 13.6.